The maximum absolute atomic E-state index is 13.4. The van der Waals surface area contributed by atoms with Crippen LogP contribution in [0.2, 0.25) is 0 Å². The first-order chi connectivity index (χ1) is 20.7. The highest BCUT2D eigenvalue weighted by molar-refractivity contribution is 8.14. The Morgan fingerprint density at radius 1 is 1.05 bits per heavy atom. The average molecular weight is 623 g/mol. The number of nitrogens with zero attached hydrogens (tertiary/aromatic N) is 2. The summed E-state index contributed by atoms with van der Waals surface area (Å²) in [6, 6.07) is 14.1. The lowest BCUT2D eigenvalue weighted by Gasteiger charge is -2.49. The number of H-pyrrole nitrogens is 2. The summed E-state index contributed by atoms with van der Waals surface area (Å²) < 4.78 is 0. The Labute approximate surface area is 250 Å². The van der Waals surface area contributed by atoms with Gasteiger partial charge < -0.3 is 15.7 Å². The molecule has 0 bridgehead atoms. The fraction of sp³-hybridized carbons (Fsp3) is 0.185. The lowest BCUT2D eigenvalue weighted by atomic mass is 10.0. The lowest BCUT2D eigenvalue weighted by molar-refractivity contribution is -0.151. The molecule has 1 saturated heterocycles. The molecule has 0 radical (unpaired) electrons. The number of rotatable bonds is 9. The number of amides is 3. The van der Waals surface area contributed by atoms with Crippen LogP contribution >= 0.6 is 23.5 Å². The first-order valence-corrected chi connectivity index (χ1v) is 14.7. The number of carboxylic acid groups (broad SMARTS) is 1. The molecule has 14 nitrogen and oxygen atoms in total. The molecule has 0 aliphatic carbocycles. The molecule has 3 aromatic rings. The Hall–Kier alpha value is -4.96. The highest BCUT2D eigenvalue weighted by Gasteiger charge is 2.54. The maximum atomic E-state index is 13.4. The number of fused-ring (bicyclic) bond motifs is 1. The van der Waals surface area contributed by atoms with Gasteiger partial charge in [0.2, 0.25) is 16.7 Å². The van der Waals surface area contributed by atoms with E-state index in [9.17, 15) is 38.7 Å². The molecule has 5 N–H and O–H groups in total. The zero-order chi connectivity index (χ0) is 30.7. The molecule has 220 valence electrons. The molecule has 2 aliphatic heterocycles. The van der Waals surface area contributed by atoms with Crippen LogP contribution in [0.15, 0.2) is 81.5 Å². The molecule has 0 saturated carbocycles. The van der Waals surface area contributed by atoms with E-state index in [4.69, 9.17) is 0 Å². The van der Waals surface area contributed by atoms with Crippen LogP contribution in [0.5, 0.6) is 0 Å². The van der Waals surface area contributed by atoms with Crippen molar-refractivity contribution in [2.24, 2.45) is 0 Å². The number of thioether (sulfide) groups is 2. The van der Waals surface area contributed by atoms with Crippen LogP contribution in [0.1, 0.15) is 32.5 Å². The van der Waals surface area contributed by atoms with Crippen molar-refractivity contribution in [1.29, 1.82) is 0 Å². The minimum absolute atomic E-state index is 0.0654. The maximum Gasteiger partial charge on any atom is 0.352 e. The van der Waals surface area contributed by atoms with Crippen molar-refractivity contribution in [1.82, 2.24) is 30.7 Å². The fourth-order valence-corrected chi connectivity index (χ4v) is 6.81. The highest BCUT2D eigenvalue weighted by atomic mass is 32.2. The Kier molecular flexibility index (Phi) is 8.58. The summed E-state index contributed by atoms with van der Waals surface area (Å²) >= 11 is 2.17. The zero-order valence-electron chi connectivity index (χ0n) is 21.9. The van der Waals surface area contributed by atoms with Crippen LogP contribution < -0.4 is 21.9 Å². The van der Waals surface area contributed by atoms with Gasteiger partial charge in [-0.15, -0.1) is 11.8 Å². The van der Waals surface area contributed by atoms with Crippen LogP contribution in [-0.2, 0) is 14.4 Å². The number of aromatic nitrogens is 3. The van der Waals surface area contributed by atoms with Gasteiger partial charge in [-0.3, -0.25) is 33.9 Å². The fourth-order valence-electron chi connectivity index (χ4n) is 4.49. The SMILES string of the molecule is O=C(O)C1=C(CSC(=O)c2ccccc2)CS[C@@H]2[C@H](NC(=O)[C@H](NC(=O)c3n[nH]c(=O)[nH]c3=O)c3ccccc3)C(=O)N12. The summed E-state index contributed by atoms with van der Waals surface area (Å²) in [7, 11) is 0. The van der Waals surface area contributed by atoms with E-state index in [-0.39, 0.29) is 22.3 Å². The molecule has 2 aromatic carbocycles. The molecule has 1 fully saturated rings. The number of nitrogens with one attached hydrogen (secondary N) is 4. The number of aromatic amines is 2. The van der Waals surface area contributed by atoms with Gasteiger partial charge >= 0.3 is 11.7 Å². The van der Waals surface area contributed by atoms with Crippen LogP contribution in [-0.4, -0.2) is 76.9 Å². The number of hydrogen-bond donors (Lipinski definition) is 5. The molecule has 3 amide bonds. The third-order valence-electron chi connectivity index (χ3n) is 6.53. The van der Waals surface area contributed by atoms with Gasteiger partial charge in [-0.05, 0) is 11.1 Å². The number of β-lactam (4-membered cyclic amide) rings is 1. The minimum Gasteiger partial charge on any atom is -0.477 e. The van der Waals surface area contributed by atoms with E-state index in [2.05, 4.69) is 15.7 Å². The van der Waals surface area contributed by atoms with Gasteiger partial charge in [-0.2, -0.15) is 5.10 Å². The highest BCUT2D eigenvalue weighted by Crippen LogP contribution is 2.41. The van der Waals surface area contributed by atoms with E-state index >= 15 is 0 Å². The number of aliphatic carboxylic acids is 1. The van der Waals surface area contributed by atoms with Crippen LogP contribution in [0, 0.1) is 0 Å². The number of carboxylic acids is 1. The molecule has 1 aromatic heterocycles. The van der Waals surface area contributed by atoms with E-state index < -0.39 is 58.1 Å². The largest absolute Gasteiger partial charge is 0.477 e. The first kappa shape index (κ1) is 29.5. The summed E-state index contributed by atoms with van der Waals surface area (Å²) in [4.78, 5) is 90.4. The first-order valence-electron chi connectivity index (χ1n) is 12.6. The Bertz CT molecular complexity index is 1760. The number of carbonyl (C=O) groups is 5. The summed E-state index contributed by atoms with van der Waals surface area (Å²) in [5, 5.41) is 19.3. The normalized spacial score (nSPS) is 18.2. The Balaban J connectivity index is 1.32. The summed E-state index contributed by atoms with van der Waals surface area (Å²) in [6.45, 7) is 0. The quantitative estimate of drug-likeness (QED) is 0.204. The van der Waals surface area contributed by atoms with Crippen molar-refractivity contribution in [2.45, 2.75) is 17.5 Å². The lowest BCUT2D eigenvalue weighted by Crippen LogP contribution is -2.71. The number of benzene rings is 2. The molecule has 5 rings (SSSR count). The van der Waals surface area contributed by atoms with Crippen molar-refractivity contribution >= 4 is 52.3 Å². The summed E-state index contributed by atoms with van der Waals surface area (Å²) in [5.74, 6) is -3.59. The van der Waals surface area contributed by atoms with Crippen LogP contribution in [0.25, 0.3) is 0 Å². The van der Waals surface area contributed by atoms with Crippen molar-refractivity contribution in [3.05, 3.63) is 110 Å². The summed E-state index contributed by atoms with van der Waals surface area (Å²) in [6.07, 6.45) is 0. The van der Waals surface area contributed by atoms with Crippen molar-refractivity contribution in [2.75, 3.05) is 11.5 Å². The number of carbonyl (C=O) groups excluding carboxylic acids is 4. The second-order valence-corrected chi connectivity index (χ2v) is 11.3. The van der Waals surface area contributed by atoms with E-state index in [0.29, 0.717) is 16.7 Å². The molecular formula is C27H22N6O8S2. The molecule has 0 unspecified atom stereocenters. The monoisotopic (exact) mass is 622 g/mol. The van der Waals surface area contributed by atoms with Gasteiger partial charge in [-0.1, -0.05) is 72.4 Å². The van der Waals surface area contributed by atoms with Crippen LogP contribution in [0.3, 0.4) is 0 Å². The molecule has 3 heterocycles. The third kappa shape index (κ3) is 6.14. The molecule has 0 spiro atoms. The molecule has 16 heteroatoms. The van der Waals surface area contributed by atoms with Gasteiger partial charge in [0, 0.05) is 17.1 Å². The topological polar surface area (TPSA) is 211 Å². The van der Waals surface area contributed by atoms with Crippen molar-refractivity contribution < 1.29 is 29.1 Å². The van der Waals surface area contributed by atoms with E-state index in [1.54, 1.807) is 60.7 Å². The molecule has 43 heavy (non-hydrogen) atoms. The van der Waals surface area contributed by atoms with Crippen molar-refractivity contribution in [3.8, 4) is 0 Å². The third-order valence-corrected chi connectivity index (χ3v) is 8.86. The predicted octanol–water partition coefficient (Wildman–Crippen LogP) is 0.242. The van der Waals surface area contributed by atoms with E-state index in [0.717, 1.165) is 16.7 Å². The van der Waals surface area contributed by atoms with Crippen molar-refractivity contribution in [3.63, 3.8) is 0 Å². The average Bonchev–Trinajstić information content (AvgIpc) is 3.01. The second-order valence-electron chi connectivity index (χ2n) is 9.27. The minimum atomic E-state index is -1.37. The van der Waals surface area contributed by atoms with Gasteiger partial charge in [-0.25, -0.2) is 14.7 Å². The molecule has 2 aliphatic rings. The predicted molar refractivity (Wildman–Crippen MR) is 155 cm³/mol. The van der Waals surface area contributed by atoms with E-state index in [1.807, 2.05) is 10.1 Å². The second kappa shape index (κ2) is 12.5. The molecule has 3 atom stereocenters. The van der Waals surface area contributed by atoms with Crippen LogP contribution in [0.4, 0.5) is 0 Å². The number of hydrogen-bond acceptors (Lipinski definition) is 10. The summed E-state index contributed by atoms with van der Waals surface area (Å²) in [5.41, 5.74) is -1.72. The zero-order valence-corrected chi connectivity index (χ0v) is 23.6. The Morgan fingerprint density at radius 3 is 2.37 bits per heavy atom. The standard InChI is InChI=1S/C27H22N6O8S2/c34-20(16(13-7-3-1-4-8-13)28-21(35)17-22(36)30-27(41)32-31-17)29-18-23(37)33-19(25(38)39)15(11-42-24(18)33)12-43-26(40)14-9-5-2-6-10-14/h1-10,16,18,24H,11-12H2,(H,28,35)(H,29,34)(H,38,39)(H2,30,32,36,41)/t16-,18-,24-/m1/s1. The molecular weight excluding hydrogens is 600 g/mol. The van der Waals surface area contributed by atoms with E-state index in [1.165, 1.54) is 11.8 Å². The van der Waals surface area contributed by atoms with Gasteiger partial charge in [0.15, 0.2) is 0 Å². The van der Waals surface area contributed by atoms with Gasteiger partial charge in [0.25, 0.3) is 17.4 Å². The smallest absolute Gasteiger partial charge is 0.352 e. The Morgan fingerprint density at radius 2 is 1.72 bits per heavy atom. The van der Waals surface area contributed by atoms with Gasteiger partial charge in [0.1, 0.15) is 23.2 Å². The van der Waals surface area contributed by atoms with Gasteiger partial charge in [0.05, 0.1) is 0 Å².